The number of hydrogen-bond donors (Lipinski definition) is 0. The molecule has 0 saturated carbocycles. The Labute approximate surface area is 105 Å². The Morgan fingerprint density at radius 3 is 2.93 bits per heavy atom. The van der Waals surface area contributed by atoms with E-state index in [4.69, 9.17) is 5.48 Å². The number of thiophene rings is 1. The van der Waals surface area contributed by atoms with Crippen molar-refractivity contribution in [3.63, 3.8) is 0 Å². The van der Waals surface area contributed by atoms with E-state index in [1.807, 2.05) is 18.2 Å². The van der Waals surface area contributed by atoms with Crippen LogP contribution in [-0.2, 0) is 0 Å². The van der Waals surface area contributed by atoms with Crippen molar-refractivity contribution in [2.24, 2.45) is 0 Å². The van der Waals surface area contributed by atoms with Crippen molar-refractivity contribution in [2.75, 3.05) is 0 Å². The molecule has 2 heteroatoms. The highest BCUT2D eigenvalue weighted by molar-refractivity contribution is 14.1. The third kappa shape index (κ3) is 1.17. The average molecular weight is 314 g/mol. The molecule has 0 aliphatic rings. The van der Waals surface area contributed by atoms with Gasteiger partial charge in [-0.05, 0) is 34.7 Å². The molecule has 3 rings (SSSR count). The molecule has 0 saturated heterocycles. The highest BCUT2D eigenvalue weighted by Gasteiger charge is 2.05. The first-order valence-electron chi connectivity index (χ1n) is 6.09. The summed E-state index contributed by atoms with van der Waals surface area (Å²) < 4.78 is 34.1. The van der Waals surface area contributed by atoms with Gasteiger partial charge in [0.1, 0.15) is 0 Å². The molecule has 2 aromatic carbocycles. The van der Waals surface area contributed by atoms with E-state index >= 15 is 0 Å². The van der Waals surface area contributed by atoms with Crippen LogP contribution in [-0.4, -0.2) is 0 Å². The molecule has 0 atom stereocenters. The molecule has 1 heterocycles. The number of halogens is 1. The topological polar surface area (TPSA) is 0 Å². The highest BCUT2D eigenvalue weighted by atomic mass is 127. The Balaban J connectivity index is 2.67. The van der Waals surface area contributed by atoms with Crippen molar-refractivity contribution in [2.45, 2.75) is 0 Å². The minimum absolute atomic E-state index is 0.0549. The number of fused-ring (bicyclic) bond motifs is 3. The Morgan fingerprint density at radius 2 is 2.00 bits per heavy atom. The van der Waals surface area contributed by atoms with Crippen LogP contribution in [0, 0.1) is 3.57 Å². The maximum absolute atomic E-state index is 8.01. The second-order valence-electron chi connectivity index (χ2n) is 2.92. The second kappa shape index (κ2) is 3.21. The van der Waals surface area contributed by atoms with Gasteiger partial charge in [-0.3, -0.25) is 0 Å². The SMILES string of the molecule is [2H]c1c([2H])c([2H])c2c(sc3c(I)cccc32)c1[2H]. The lowest BCUT2D eigenvalue weighted by molar-refractivity contribution is 1.79. The third-order valence-corrected chi connectivity index (χ3v) is 4.51. The summed E-state index contributed by atoms with van der Waals surface area (Å²) in [5.74, 6) is 0. The second-order valence-corrected chi connectivity index (χ2v) is 5.11. The first kappa shape index (κ1) is 5.47. The zero-order valence-electron chi connectivity index (χ0n) is 11.0. The van der Waals surface area contributed by atoms with Gasteiger partial charge in [-0.1, -0.05) is 30.3 Å². The van der Waals surface area contributed by atoms with Crippen molar-refractivity contribution in [1.29, 1.82) is 0 Å². The Kier molecular flexibility index (Phi) is 1.25. The van der Waals surface area contributed by atoms with E-state index in [2.05, 4.69) is 22.6 Å². The Bertz CT molecular complexity index is 794. The van der Waals surface area contributed by atoms with Gasteiger partial charge in [-0.15, -0.1) is 11.3 Å². The van der Waals surface area contributed by atoms with Crippen molar-refractivity contribution in [3.8, 4) is 0 Å². The van der Waals surface area contributed by atoms with E-state index in [-0.39, 0.29) is 24.2 Å². The fourth-order valence-electron chi connectivity index (χ4n) is 1.48. The first-order valence-corrected chi connectivity index (χ1v) is 5.99. The van der Waals surface area contributed by atoms with Crippen molar-refractivity contribution in [1.82, 2.24) is 0 Å². The summed E-state index contributed by atoms with van der Waals surface area (Å²) >= 11 is 3.66. The normalized spacial score (nSPS) is 15.2. The van der Waals surface area contributed by atoms with E-state index < -0.39 is 0 Å². The quantitative estimate of drug-likeness (QED) is 0.530. The van der Waals surface area contributed by atoms with Crippen LogP contribution >= 0.6 is 33.9 Å². The molecule has 0 unspecified atom stereocenters. The molecule has 0 fully saturated rings. The lowest BCUT2D eigenvalue weighted by Crippen LogP contribution is -1.69. The number of benzene rings is 2. The largest absolute Gasteiger partial charge is 0.134 e. The summed E-state index contributed by atoms with van der Waals surface area (Å²) in [4.78, 5) is 0. The van der Waals surface area contributed by atoms with Crippen molar-refractivity contribution < 1.29 is 5.48 Å². The molecule has 0 amide bonds. The van der Waals surface area contributed by atoms with Gasteiger partial charge in [0, 0.05) is 23.7 Å². The lowest BCUT2D eigenvalue weighted by Gasteiger charge is -1.92. The molecule has 0 nitrogen and oxygen atoms in total. The molecule has 1 aromatic heterocycles. The van der Waals surface area contributed by atoms with Gasteiger partial charge in [0.15, 0.2) is 0 Å². The summed E-state index contributed by atoms with van der Waals surface area (Å²) in [5, 5.41) is 1.55. The van der Waals surface area contributed by atoms with Crippen molar-refractivity contribution in [3.05, 3.63) is 45.9 Å². The lowest BCUT2D eigenvalue weighted by atomic mass is 10.2. The maximum atomic E-state index is 8.01. The van der Waals surface area contributed by atoms with Crippen molar-refractivity contribution >= 4 is 54.1 Å². The van der Waals surface area contributed by atoms with E-state index in [0.29, 0.717) is 10.1 Å². The monoisotopic (exact) mass is 314 g/mol. The molecule has 0 spiro atoms. The van der Waals surface area contributed by atoms with Gasteiger partial charge >= 0.3 is 0 Å². The smallest absolute Gasteiger partial charge is 0.0638 e. The molecular weight excluding hydrogens is 303 g/mol. The maximum Gasteiger partial charge on any atom is 0.0638 e. The summed E-state index contributed by atoms with van der Waals surface area (Å²) in [5.41, 5.74) is 0. The van der Waals surface area contributed by atoms with E-state index in [1.54, 1.807) is 0 Å². The van der Waals surface area contributed by atoms with Crippen LogP contribution < -0.4 is 0 Å². The first-order chi connectivity index (χ1) is 8.52. The van der Waals surface area contributed by atoms with E-state index in [1.165, 1.54) is 11.3 Å². The fraction of sp³-hybridized carbons (Fsp3) is 0. The number of hydrogen-bond acceptors (Lipinski definition) is 1. The third-order valence-electron chi connectivity index (χ3n) is 2.09. The molecule has 68 valence electrons. The summed E-state index contributed by atoms with van der Waals surface area (Å²) in [7, 11) is 0. The molecule has 14 heavy (non-hydrogen) atoms. The summed E-state index contributed by atoms with van der Waals surface area (Å²) in [6.07, 6.45) is 0. The fourth-order valence-corrected chi connectivity index (χ4v) is 3.32. The summed E-state index contributed by atoms with van der Waals surface area (Å²) in [6, 6.07) is 5.60. The van der Waals surface area contributed by atoms with Crippen LogP contribution in [0.1, 0.15) is 5.48 Å². The zero-order valence-corrected chi connectivity index (χ0v) is 9.99. The minimum atomic E-state index is -0.161. The van der Waals surface area contributed by atoms with Gasteiger partial charge in [-0.2, -0.15) is 0 Å². The van der Waals surface area contributed by atoms with Crippen LogP contribution in [0.15, 0.2) is 42.4 Å². The molecule has 0 aliphatic heterocycles. The Morgan fingerprint density at radius 1 is 1.14 bits per heavy atom. The van der Waals surface area contributed by atoms with Gasteiger partial charge in [-0.25, -0.2) is 0 Å². The van der Waals surface area contributed by atoms with Gasteiger partial charge in [0.25, 0.3) is 0 Å². The van der Waals surface area contributed by atoms with Crippen LogP contribution in [0.4, 0.5) is 0 Å². The minimum Gasteiger partial charge on any atom is -0.134 e. The predicted molar refractivity (Wildman–Crippen MR) is 72.0 cm³/mol. The van der Waals surface area contributed by atoms with Crippen LogP contribution in [0.2, 0.25) is 0 Å². The molecule has 0 N–H and O–H groups in total. The highest BCUT2D eigenvalue weighted by Crippen LogP contribution is 2.35. The number of rotatable bonds is 0. The zero-order chi connectivity index (χ0) is 13.0. The Hall–Kier alpha value is -0.610. The van der Waals surface area contributed by atoms with E-state index in [0.717, 1.165) is 13.7 Å². The molecule has 0 aliphatic carbocycles. The molecule has 0 bridgehead atoms. The molecule has 3 aromatic rings. The van der Waals surface area contributed by atoms with Gasteiger partial charge in [0.05, 0.1) is 5.48 Å². The van der Waals surface area contributed by atoms with Gasteiger partial charge in [0.2, 0.25) is 0 Å². The van der Waals surface area contributed by atoms with E-state index in [9.17, 15) is 0 Å². The van der Waals surface area contributed by atoms with Crippen LogP contribution in [0.5, 0.6) is 0 Å². The molecule has 0 radical (unpaired) electrons. The summed E-state index contributed by atoms with van der Waals surface area (Å²) in [6.45, 7) is 0. The predicted octanol–water partition coefficient (Wildman–Crippen LogP) is 4.66. The van der Waals surface area contributed by atoms with Crippen LogP contribution in [0.25, 0.3) is 20.2 Å². The van der Waals surface area contributed by atoms with Gasteiger partial charge < -0.3 is 0 Å². The molecular formula is C12H7IS. The standard InChI is InChI=1S/C12H7IS/c13-10-6-3-5-9-8-4-1-2-7-11(8)14-12(9)10/h1-7H/i1D,2D,4D,7D. The average Bonchev–Trinajstić information content (AvgIpc) is 2.75. The van der Waals surface area contributed by atoms with Crippen LogP contribution in [0.3, 0.4) is 0 Å².